The molecule has 0 radical (unpaired) electrons. The monoisotopic (exact) mass is 792 g/mol. The van der Waals surface area contributed by atoms with Crippen LogP contribution >= 0.6 is 9.24 Å². The maximum Gasteiger partial charge on any atom is 0.643 e. The van der Waals surface area contributed by atoms with Crippen LogP contribution in [0.4, 0.5) is 83.4 Å². The van der Waals surface area contributed by atoms with E-state index in [1.807, 2.05) is 0 Å². The molecular formula is C26H7AlB2F19O2P. The van der Waals surface area contributed by atoms with E-state index in [1.54, 1.807) is 0 Å². The highest BCUT2D eigenvalue weighted by Crippen LogP contribution is 2.24. The maximum atomic E-state index is 15.2. The molecule has 0 aliphatic rings. The lowest BCUT2D eigenvalue weighted by Crippen LogP contribution is -2.60. The normalized spacial score (nSPS) is 11.5. The first-order valence-corrected chi connectivity index (χ1v) is 15.4. The van der Waals surface area contributed by atoms with Crippen molar-refractivity contribution in [3.8, 4) is 0 Å². The van der Waals surface area contributed by atoms with Crippen molar-refractivity contribution in [2.24, 2.45) is 0 Å². The number of hydrogen-bond acceptors (Lipinski definition) is 2. The average molecular weight is 792 g/mol. The van der Waals surface area contributed by atoms with Gasteiger partial charge in [0.25, 0.3) is 0 Å². The third-order valence-electron chi connectivity index (χ3n) is 7.03. The van der Waals surface area contributed by atoms with Crippen LogP contribution in [0.25, 0.3) is 0 Å². The predicted octanol–water partition coefficient (Wildman–Crippen LogP) is 5.28. The van der Waals surface area contributed by atoms with E-state index >= 15 is 13.2 Å². The van der Waals surface area contributed by atoms with Crippen LogP contribution in [0, 0.1) is 111 Å². The Morgan fingerprint density at radius 1 is 0.353 bits per heavy atom. The third-order valence-corrected chi connectivity index (χ3v) is 9.41. The Hall–Kier alpha value is -3.44. The van der Waals surface area contributed by atoms with E-state index in [4.69, 9.17) is 7.41 Å². The van der Waals surface area contributed by atoms with Crippen molar-refractivity contribution < 1.29 is 90.8 Å². The van der Waals surface area contributed by atoms with Gasteiger partial charge in [-0.3, -0.25) is 0 Å². The van der Waals surface area contributed by atoms with Crippen molar-refractivity contribution in [2.75, 3.05) is 0 Å². The topological polar surface area (TPSA) is 18.5 Å². The molecule has 0 heterocycles. The average Bonchev–Trinajstić information content (AvgIpc) is 3.10. The van der Waals surface area contributed by atoms with Crippen LogP contribution in [-0.2, 0) is 7.41 Å². The highest BCUT2D eigenvalue weighted by molar-refractivity contribution is 7.29. The zero-order valence-electron chi connectivity index (χ0n) is 24.0. The van der Waals surface area contributed by atoms with E-state index in [1.165, 1.54) is 0 Å². The second-order valence-corrected chi connectivity index (χ2v) is 12.7. The fourth-order valence-electron chi connectivity index (χ4n) is 4.57. The highest BCUT2D eigenvalue weighted by Gasteiger charge is 2.47. The van der Waals surface area contributed by atoms with Crippen molar-refractivity contribution in [3.05, 3.63) is 111 Å². The summed E-state index contributed by atoms with van der Waals surface area (Å²) in [5.74, 6) is -54.5. The molecule has 4 aromatic carbocycles. The zero-order valence-corrected chi connectivity index (χ0v) is 26.3. The second kappa shape index (κ2) is 14.9. The molecule has 0 amide bonds. The third kappa shape index (κ3) is 6.58. The molecule has 1 atom stereocenters. The number of rotatable bonds is 9. The van der Waals surface area contributed by atoms with Crippen LogP contribution in [0.3, 0.4) is 0 Å². The molecule has 0 aliphatic carbocycles. The molecule has 0 saturated carbocycles. The molecule has 270 valence electrons. The first kappa shape index (κ1) is 40.3. The van der Waals surface area contributed by atoms with Crippen molar-refractivity contribution in [2.45, 2.75) is 12.2 Å². The molecule has 1 unspecified atom stereocenters. The van der Waals surface area contributed by atoms with Crippen molar-refractivity contribution >= 4 is 65.0 Å². The van der Waals surface area contributed by atoms with Crippen LogP contribution in [0.5, 0.6) is 0 Å². The largest absolute Gasteiger partial charge is 0.643 e. The first-order chi connectivity index (χ1) is 23.6. The molecule has 4 aromatic rings. The van der Waals surface area contributed by atoms with Crippen LogP contribution < -0.4 is 27.2 Å². The molecule has 0 bridgehead atoms. The molecule has 0 N–H and O–H groups in total. The summed E-state index contributed by atoms with van der Waals surface area (Å²) >= 11 is -4.88. The second-order valence-electron chi connectivity index (χ2n) is 9.90. The Bertz CT molecular complexity index is 1710. The van der Waals surface area contributed by atoms with Gasteiger partial charge < -0.3 is 7.41 Å². The predicted molar refractivity (Wildman–Crippen MR) is 143 cm³/mol. The summed E-state index contributed by atoms with van der Waals surface area (Å²) in [6.07, 6.45) is 0. The quantitative estimate of drug-likeness (QED) is 0.0756. The van der Waals surface area contributed by atoms with Gasteiger partial charge in [-0.25, -0.2) is 83.4 Å². The zero-order chi connectivity index (χ0) is 38.7. The Morgan fingerprint density at radius 2 is 0.549 bits per heavy atom. The van der Waals surface area contributed by atoms with Gasteiger partial charge in [0.05, 0.1) is 0 Å². The summed E-state index contributed by atoms with van der Waals surface area (Å²) in [5, 5.41) is -2.65. The van der Waals surface area contributed by atoms with Gasteiger partial charge in [-0.05, 0) is 5.28 Å². The van der Waals surface area contributed by atoms with Gasteiger partial charge in [0.2, 0.25) is 0 Å². The minimum atomic E-state index is -4.88. The summed E-state index contributed by atoms with van der Waals surface area (Å²) in [6, 6.07) is 0. The van der Waals surface area contributed by atoms with E-state index in [0.29, 0.717) is 0 Å². The van der Waals surface area contributed by atoms with E-state index in [9.17, 15) is 70.2 Å². The van der Waals surface area contributed by atoms with Crippen molar-refractivity contribution in [1.29, 1.82) is 0 Å². The summed E-state index contributed by atoms with van der Waals surface area (Å²) in [7, 11) is 1.15. The Morgan fingerprint density at radius 3 is 0.804 bits per heavy atom. The molecule has 0 aliphatic heterocycles. The van der Waals surface area contributed by atoms with Gasteiger partial charge in [0.1, 0.15) is 0 Å². The van der Waals surface area contributed by atoms with Crippen LogP contribution in [-0.4, -0.2) is 28.6 Å². The van der Waals surface area contributed by atoms with Crippen LogP contribution in [0.1, 0.15) is 6.92 Å². The lowest BCUT2D eigenvalue weighted by Gasteiger charge is -2.27. The lowest BCUT2D eigenvalue weighted by atomic mass is 9.54. The van der Waals surface area contributed by atoms with E-state index in [2.05, 4.69) is 0 Å². The summed E-state index contributed by atoms with van der Waals surface area (Å²) in [5.41, 5.74) is -9.31. The fraction of sp³-hybridized carbons (Fsp3) is 0.0769. The standard InChI is InChI=1S/C12BF10O.C12H2BF9OP.C2H5.Al/c14-3-1(4(15)8(19)11(22)7(3)18)13(24)2-5(16)9(20)12(23)10(21)6(2)17;14-3-1(4(15)7(18)9(20)6(3)17)13(23)2-5(16)8(19)10(21)11(22)12(2)24;1-2;/h;24H2;1H2,2H3;/q2*-1;;+2. The number of hydrogen-bond donors (Lipinski definition) is 0. The Balaban J connectivity index is 2.08. The molecule has 0 aromatic heterocycles. The summed E-state index contributed by atoms with van der Waals surface area (Å²) < 4.78 is 285. The SMILES string of the molecule is C[CH2][Al]([O]B(c1c(F)c(F)c(F)c(F)c1F)c1c(F)c(F)c(F)c(F)c1F)[O]B(c1c(F)c(F)c(F)c(F)c1F)c1c(F)c(F)c(F)c(F)c1P. The number of halogens is 19. The highest BCUT2D eigenvalue weighted by atomic mass is 31.0. The minimum absolute atomic E-state index is 0.782. The van der Waals surface area contributed by atoms with E-state index in [0.717, 1.165) is 16.2 Å². The molecule has 51 heavy (non-hydrogen) atoms. The van der Waals surface area contributed by atoms with E-state index in [-0.39, 0.29) is 0 Å². The fourth-order valence-corrected chi connectivity index (χ4v) is 6.57. The Labute approximate surface area is 278 Å². The van der Waals surface area contributed by atoms with Gasteiger partial charge in [0.15, 0.2) is 111 Å². The van der Waals surface area contributed by atoms with Crippen LogP contribution in [0.15, 0.2) is 0 Å². The molecular weight excluding hydrogens is 785 g/mol. The first-order valence-electron chi connectivity index (χ1n) is 13.1. The van der Waals surface area contributed by atoms with Crippen LogP contribution in [0.2, 0.25) is 5.28 Å². The van der Waals surface area contributed by atoms with Gasteiger partial charge in [0, 0.05) is 27.2 Å². The van der Waals surface area contributed by atoms with Crippen molar-refractivity contribution in [1.82, 2.24) is 0 Å². The molecule has 0 spiro atoms. The van der Waals surface area contributed by atoms with Gasteiger partial charge in [-0.2, -0.15) is 0 Å². The van der Waals surface area contributed by atoms with Gasteiger partial charge >= 0.3 is 28.6 Å². The molecule has 4 rings (SSSR count). The molecule has 2 nitrogen and oxygen atoms in total. The smallest absolute Gasteiger partial charge is 0.538 e. The molecule has 0 saturated heterocycles. The minimum Gasteiger partial charge on any atom is -0.538 e. The summed E-state index contributed by atoms with van der Waals surface area (Å²) in [6.45, 7) is -6.38. The van der Waals surface area contributed by atoms with Gasteiger partial charge in [-0.1, -0.05) is 6.92 Å². The Kier molecular flexibility index (Phi) is 11.8. The summed E-state index contributed by atoms with van der Waals surface area (Å²) in [4.78, 5) is 0. The molecule has 0 fully saturated rings. The number of benzene rings is 4. The lowest BCUT2D eigenvalue weighted by molar-refractivity contribution is 0.376. The maximum absolute atomic E-state index is 15.2. The molecule has 25 heteroatoms. The van der Waals surface area contributed by atoms with Crippen molar-refractivity contribution in [3.63, 3.8) is 0 Å². The van der Waals surface area contributed by atoms with E-state index < -0.39 is 172 Å². The van der Waals surface area contributed by atoms with Gasteiger partial charge in [-0.15, -0.1) is 9.24 Å².